The maximum atomic E-state index is 13.6. The Kier molecular flexibility index (Phi) is 4.49. The molecule has 0 saturated heterocycles. The number of alkyl halides is 4. The summed E-state index contributed by atoms with van der Waals surface area (Å²) in [6.45, 7) is 0. The smallest absolute Gasteiger partial charge is 0.465 e. The first-order valence-corrected chi connectivity index (χ1v) is 5.49. The first-order valence-electron chi connectivity index (χ1n) is 4.37. The monoisotopic (exact) mass is 331 g/mol. The Morgan fingerprint density at radius 1 is 1.50 bits per heavy atom. The molecule has 0 aliphatic rings. The number of carbonyl (C=O) groups excluding carboxylic acids is 1. The van der Waals surface area contributed by atoms with Crippen molar-refractivity contribution in [3.63, 3.8) is 0 Å². The van der Waals surface area contributed by atoms with Crippen LogP contribution in [0.15, 0.2) is 6.20 Å². The first-order chi connectivity index (χ1) is 8.30. The standard InChI is InChI=1S/C9H6BrF4NO3/c1-17-8(16)4-3-15-5(2-10)6(11)7(4)18-9(12,13)14/h3H,2H2,1H3. The fourth-order valence-electron chi connectivity index (χ4n) is 1.07. The largest absolute Gasteiger partial charge is 0.573 e. The normalized spacial score (nSPS) is 11.2. The molecule has 0 saturated carbocycles. The fourth-order valence-corrected chi connectivity index (χ4v) is 1.46. The Hall–Kier alpha value is -1.38. The molecule has 0 fully saturated rings. The number of ether oxygens (including phenoxy) is 2. The molecular formula is C9H6BrF4NO3. The van der Waals surface area contributed by atoms with Crippen molar-refractivity contribution in [3.8, 4) is 5.75 Å². The fraction of sp³-hybridized carbons (Fsp3) is 0.333. The predicted molar refractivity (Wildman–Crippen MR) is 54.8 cm³/mol. The number of esters is 1. The van der Waals surface area contributed by atoms with Gasteiger partial charge in [0.05, 0.1) is 12.8 Å². The Bertz CT molecular complexity index is 464. The summed E-state index contributed by atoms with van der Waals surface area (Å²) in [5.41, 5.74) is -1.06. The molecule has 0 amide bonds. The highest BCUT2D eigenvalue weighted by molar-refractivity contribution is 9.08. The van der Waals surface area contributed by atoms with Crippen molar-refractivity contribution in [1.29, 1.82) is 0 Å². The van der Waals surface area contributed by atoms with Crippen LogP contribution in [0.4, 0.5) is 17.6 Å². The summed E-state index contributed by atoms with van der Waals surface area (Å²) in [5, 5.41) is -0.130. The van der Waals surface area contributed by atoms with Crippen LogP contribution >= 0.6 is 15.9 Å². The SMILES string of the molecule is COC(=O)c1cnc(CBr)c(F)c1OC(F)(F)F. The van der Waals surface area contributed by atoms with Gasteiger partial charge in [-0.15, -0.1) is 13.2 Å². The molecule has 0 aromatic carbocycles. The number of carbonyl (C=O) groups is 1. The Morgan fingerprint density at radius 3 is 2.56 bits per heavy atom. The summed E-state index contributed by atoms with van der Waals surface area (Å²) in [7, 11) is 0.940. The number of halogens is 5. The number of rotatable bonds is 3. The summed E-state index contributed by atoms with van der Waals surface area (Å²) in [4.78, 5) is 14.7. The van der Waals surface area contributed by atoms with E-state index in [2.05, 4.69) is 30.4 Å². The molecule has 1 aromatic rings. The van der Waals surface area contributed by atoms with Crippen molar-refractivity contribution in [2.24, 2.45) is 0 Å². The van der Waals surface area contributed by atoms with E-state index in [1.807, 2.05) is 0 Å². The van der Waals surface area contributed by atoms with Gasteiger partial charge >= 0.3 is 12.3 Å². The van der Waals surface area contributed by atoms with Crippen molar-refractivity contribution in [1.82, 2.24) is 4.98 Å². The number of hydrogen-bond donors (Lipinski definition) is 0. The second-order valence-corrected chi connectivity index (χ2v) is 3.50. The lowest BCUT2D eigenvalue weighted by Crippen LogP contribution is -2.21. The molecule has 9 heteroatoms. The van der Waals surface area contributed by atoms with E-state index in [-0.39, 0.29) is 11.0 Å². The van der Waals surface area contributed by atoms with Crippen molar-refractivity contribution in [2.75, 3.05) is 7.11 Å². The summed E-state index contributed by atoms with van der Waals surface area (Å²) >= 11 is 2.85. The summed E-state index contributed by atoms with van der Waals surface area (Å²) in [6, 6.07) is 0. The Balaban J connectivity index is 3.35. The lowest BCUT2D eigenvalue weighted by atomic mass is 10.2. The van der Waals surface area contributed by atoms with Crippen LogP contribution in [0, 0.1) is 5.82 Å². The van der Waals surface area contributed by atoms with Crippen molar-refractivity contribution < 1.29 is 31.8 Å². The number of hydrogen-bond acceptors (Lipinski definition) is 4. The van der Waals surface area contributed by atoms with Crippen LogP contribution in [0.2, 0.25) is 0 Å². The minimum absolute atomic E-state index is 0.130. The van der Waals surface area contributed by atoms with E-state index < -0.39 is 29.5 Å². The van der Waals surface area contributed by atoms with Gasteiger partial charge in [0.15, 0.2) is 11.6 Å². The molecular weight excluding hydrogens is 326 g/mol. The lowest BCUT2D eigenvalue weighted by Gasteiger charge is -2.13. The van der Waals surface area contributed by atoms with E-state index in [4.69, 9.17) is 0 Å². The van der Waals surface area contributed by atoms with E-state index in [0.29, 0.717) is 0 Å². The molecule has 100 valence electrons. The van der Waals surface area contributed by atoms with E-state index >= 15 is 0 Å². The minimum Gasteiger partial charge on any atom is -0.465 e. The average molecular weight is 332 g/mol. The quantitative estimate of drug-likeness (QED) is 0.485. The molecule has 0 aliphatic carbocycles. The van der Waals surface area contributed by atoms with Gasteiger partial charge in [-0.3, -0.25) is 4.98 Å². The molecule has 0 atom stereocenters. The van der Waals surface area contributed by atoms with Crippen LogP contribution < -0.4 is 4.74 Å². The van der Waals surface area contributed by atoms with Crippen LogP contribution in [0.3, 0.4) is 0 Å². The predicted octanol–water partition coefficient (Wildman–Crippen LogP) is 2.80. The van der Waals surface area contributed by atoms with Gasteiger partial charge in [-0.2, -0.15) is 0 Å². The van der Waals surface area contributed by atoms with Crippen LogP contribution in [0.5, 0.6) is 5.75 Å². The lowest BCUT2D eigenvalue weighted by molar-refractivity contribution is -0.275. The van der Waals surface area contributed by atoms with Gasteiger partial charge in [0.2, 0.25) is 0 Å². The second kappa shape index (κ2) is 5.51. The molecule has 4 nitrogen and oxygen atoms in total. The van der Waals surface area contributed by atoms with Gasteiger partial charge in [-0.1, -0.05) is 15.9 Å². The molecule has 0 radical (unpaired) electrons. The van der Waals surface area contributed by atoms with Crippen LogP contribution in [0.25, 0.3) is 0 Å². The zero-order valence-electron chi connectivity index (χ0n) is 8.85. The number of nitrogens with zero attached hydrogens (tertiary/aromatic N) is 1. The molecule has 0 bridgehead atoms. The van der Waals surface area contributed by atoms with Crippen LogP contribution in [-0.4, -0.2) is 24.4 Å². The second-order valence-electron chi connectivity index (χ2n) is 2.93. The van der Waals surface area contributed by atoms with Crippen molar-refractivity contribution in [2.45, 2.75) is 11.7 Å². The number of pyridine rings is 1. The van der Waals surface area contributed by atoms with Gasteiger partial charge < -0.3 is 9.47 Å². The van der Waals surface area contributed by atoms with Crippen molar-refractivity contribution in [3.05, 3.63) is 23.3 Å². The third-order valence-electron chi connectivity index (χ3n) is 1.80. The molecule has 0 unspecified atom stereocenters. The summed E-state index contributed by atoms with van der Waals surface area (Å²) in [6.07, 6.45) is -4.37. The molecule has 1 rings (SSSR count). The van der Waals surface area contributed by atoms with E-state index in [0.717, 1.165) is 13.3 Å². The summed E-state index contributed by atoms with van der Waals surface area (Å²) < 4.78 is 57.7. The first kappa shape index (κ1) is 14.7. The Labute approximate surface area is 107 Å². The highest BCUT2D eigenvalue weighted by atomic mass is 79.9. The zero-order chi connectivity index (χ0) is 13.9. The van der Waals surface area contributed by atoms with E-state index in [9.17, 15) is 22.4 Å². The van der Waals surface area contributed by atoms with Gasteiger partial charge in [-0.05, 0) is 0 Å². The Morgan fingerprint density at radius 2 is 2.11 bits per heavy atom. The molecule has 1 heterocycles. The number of aromatic nitrogens is 1. The molecule has 0 spiro atoms. The minimum atomic E-state index is -5.13. The van der Waals surface area contributed by atoms with E-state index in [1.165, 1.54) is 0 Å². The maximum absolute atomic E-state index is 13.6. The van der Waals surface area contributed by atoms with Crippen LogP contribution in [-0.2, 0) is 10.1 Å². The van der Waals surface area contributed by atoms with Gasteiger partial charge in [-0.25, -0.2) is 9.18 Å². The molecule has 18 heavy (non-hydrogen) atoms. The van der Waals surface area contributed by atoms with Gasteiger partial charge in [0.1, 0.15) is 5.56 Å². The highest BCUT2D eigenvalue weighted by Gasteiger charge is 2.35. The average Bonchev–Trinajstić information content (AvgIpc) is 2.29. The van der Waals surface area contributed by atoms with Crippen molar-refractivity contribution >= 4 is 21.9 Å². The number of methoxy groups -OCH3 is 1. The maximum Gasteiger partial charge on any atom is 0.573 e. The third-order valence-corrected chi connectivity index (χ3v) is 2.33. The van der Waals surface area contributed by atoms with Gasteiger partial charge in [0.25, 0.3) is 0 Å². The van der Waals surface area contributed by atoms with Gasteiger partial charge in [0, 0.05) is 11.5 Å². The zero-order valence-corrected chi connectivity index (χ0v) is 10.4. The molecule has 1 aromatic heterocycles. The molecule has 0 N–H and O–H groups in total. The summed E-state index contributed by atoms with van der Waals surface area (Å²) in [5.74, 6) is -3.80. The van der Waals surface area contributed by atoms with E-state index in [1.54, 1.807) is 0 Å². The highest BCUT2D eigenvalue weighted by Crippen LogP contribution is 2.31. The molecule has 0 aliphatic heterocycles. The topological polar surface area (TPSA) is 48.4 Å². The third kappa shape index (κ3) is 3.31. The van der Waals surface area contributed by atoms with Crippen LogP contribution in [0.1, 0.15) is 16.1 Å².